The first-order valence-electron chi connectivity index (χ1n) is 13.3. The van der Waals surface area contributed by atoms with E-state index in [0.717, 1.165) is 47.7 Å². The van der Waals surface area contributed by atoms with Crippen molar-refractivity contribution in [3.05, 3.63) is 64.1 Å². The van der Waals surface area contributed by atoms with E-state index in [0.29, 0.717) is 19.0 Å². The highest BCUT2D eigenvalue weighted by molar-refractivity contribution is 5.82. The highest BCUT2D eigenvalue weighted by Gasteiger charge is 2.52. The summed E-state index contributed by atoms with van der Waals surface area (Å²) >= 11 is 0. The number of ether oxygens (including phenoxy) is 1. The van der Waals surface area contributed by atoms with Gasteiger partial charge in [0.25, 0.3) is 5.56 Å². The monoisotopic (exact) mass is 509 g/mol. The van der Waals surface area contributed by atoms with Crippen LogP contribution in [0.1, 0.15) is 48.0 Å². The zero-order valence-corrected chi connectivity index (χ0v) is 23.0. The second kappa shape index (κ2) is 10.3. The number of hydrogen-bond donors (Lipinski definition) is 2. The molecule has 8 heteroatoms. The summed E-state index contributed by atoms with van der Waals surface area (Å²) in [6.07, 6.45) is 7.14. The van der Waals surface area contributed by atoms with E-state index in [1.807, 2.05) is 43.0 Å². The number of methoxy groups -OCH3 is 1. The van der Waals surface area contributed by atoms with Gasteiger partial charge in [-0.05, 0) is 54.9 Å². The van der Waals surface area contributed by atoms with Crippen molar-refractivity contribution >= 4 is 16.9 Å². The van der Waals surface area contributed by atoms with Gasteiger partial charge >= 0.3 is 0 Å². The summed E-state index contributed by atoms with van der Waals surface area (Å²) in [5.41, 5.74) is 9.17. The third-order valence-electron chi connectivity index (χ3n) is 7.97. The molecule has 8 nitrogen and oxygen atoms in total. The van der Waals surface area contributed by atoms with Crippen LogP contribution < -0.4 is 20.9 Å². The van der Waals surface area contributed by atoms with Gasteiger partial charge in [-0.2, -0.15) is 5.10 Å². The number of fused-ring (bicyclic) bond motifs is 1. The van der Waals surface area contributed by atoms with E-state index < -0.39 is 5.72 Å². The number of hydrogen-bond acceptors (Lipinski definition) is 7. The number of anilines is 2. The van der Waals surface area contributed by atoms with E-state index in [4.69, 9.17) is 10.5 Å². The van der Waals surface area contributed by atoms with Crippen molar-refractivity contribution in [2.24, 2.45) is 11.3 Å². The molecule has 37 heavy (non-hydrogen) atoms. The molecule has 2 fully saturated rings. The van der Waals surface area contributed by atoms with Crippen molar-refractivity contribution < 1.29 is 11.3 Å². The summed E-state index contributed by atoms with van der Waals surface area (Å²) in [7, 11) is 1.67. The Bertz CT molecular complexity index is 1260. The maximum absolute atomic E-state index is 13.2. The molecular formula is C29H43N5O3. The summed E-state index contributed by atoms with van der Waals surface area (Å²) in [5, 5.41) is 15.8. The number of benzene rings is 1. The molecular weight excluding hydrogens is 466 g/mol. The van der Waals surface area contributed by atoms with Gasteiger partial charge in [-0.3, -0.25) is 9.69 Å². The predicted octanol–water partition coefficient (Wildman–Crippen LogP) is 4.01. The number of nitrogens with two attached hydrogens (primary N) is 1. The fourth-order valence-electron chi connectivity index (χ4n) is 5.61. The number of rotatable bonds is 6. The molecule has 2 aromatic rings. The Morgan fingerprint density at radius 2 is 1.92 bits per heavy atom. The zero-order chi connectivity index (χ0) is 27.0. The molecule has 0 bridgehead atoms. The lowest BCUT2D eigenvalue weighted by atomic mass is 9.87. The standard InChI is InChI=1S/C27H35N5O3.C2H6.H2/c1-18-9-10-26(2)15-20(26)23(18)19-16-29-32(25(33)24(19)28)17-27(3,34)31-13-11-30(12-14-31)21-7-5-6-8-22(21)35-4;1-2;/h5-10,16,20,34H,11-15,17,28H2,1-4H3;1-2H3;1H. The smallest absolute Gasteiger partial charge is 0.290 e. The molecule has 2 aliphatic carbocycles. The number of allylic oxidation sites excluding steroid dienone is 4. The van der Waals surface area contributed by atoms with Crippen molar-refractivity contribution in [1.29, 1.82) is 0 Å². The van der Waals surface area contributed by atoms with Gasteiger partial charge < -0.3 is 20.5 Å². The fraction of sp³-hybridized carbons (Fsp3) is 0.517. The van der Waals surface area contributed by atoms with Gasteiger partial charge in [-0.15, -0.1) is 0 Å². The average Bonchev–Trinajstić information content (AvgIpc) is 3.60. The molecule has 1 saturated carbocycles. The summed E-state index contributed by atoms with van der Waals surface area (Å²) < 4.78 is 6.80. The fourth-order valence-corrected chi connectivity index (χ4v) is 5.61. The molecule has 1 aliphatic heterocycles. The Morgan fingerprint density at radius 1 is 1.24 bits per heavy atom. The quantitative estimate of drug-likeness (QED) is 0.607. The molecule has 5 rings (SSSR count). The number of nitrogens with zero attached hydrogens (tertiary/aromatic N) is 4. The highest BCUT2D eigenvalue weighted by Crippen LogP contribution is 2.62. The molecule has 3 N–H and O–H groups in total. The molecule has 1 saturated heterocycles. The maximum Gasteiger partial charge on any atom is 0.290 e. The van der Waals surface area contributed by atoms with Crippen molar-refractivity contribution in [3.8, 4) is 5.75 Å². The van der Waals surface area contributed by atoms with E-state index in [1.54, 1.807) is 20.2 Å². The summed E-state index contributed by atoms with van der Waals surface area (Å²) in [4.78, 5) is 17.4. The van der Waals surface area contributed by atoms with Crippen molar-refractivity contribution in [2.75, 3.05) is 43.9 Å². The SMILES string of the molecule is CC.COc1ccccc1N1CCN(C(C)(O)Cn2ncc(C3=C(C)C=CC4(C)CC34)c(N)c2=O)CC1.[HH]. The largest absolute Gasteiger partial charge is 0.495 e. The Balaban J connectivity index is 0.00000130. The van der Waals surface area contributed by atoms with Gasteiger partial charge in [0.1, 0.15) is 17.2 Å². The number of nitrogen functional groups attached to an aromatic ring is 1. The van der Waals surface area contributed by atoms with Crippen LogP contribution in [0.15, 0.2) is 53.0 Å². The molecule has 3 unspecified atom stereocenters. The van der Waals surface area contributed by atoms with Crippen LogP contribution in [0.2, 0.25) is 0 Å². The Labute approximate surface area is 221 Å². The van der Waals surface area contributed by atoms with Gasteiger partial charge in [0.2, 0.25) is 0 Å². The molecule has 1 aromatic carbocycles. The van der Waals surface area contributed by atoms with Crippen LogP contribution in [0.5, 0.6) is 5.75 Å². The van der Waals surface area contributed by atoms with Crippen LogP contribution in [0, 0.1) is 11.3 Å². The van der Waals surface area contributed by atoms with E-state index in [2.05, 4.69) is 36.0 Å². The summed E-state index contributed by atoms with van der Waals surface area (Å²) in [6, 6.07) is 7.95. The van der Waals surface area contributed by atoms with E-state index in [9.17, 15) is 9.90 Å². The molecule has 3 atom stereocenters. The number of aliphatic hydroxyl groups is 1. The number of piperazine rings is 1. The molecule has 202 valence electrons. The zero-order valence-electron chi connectivity index (χ0n) is 23.0. The van der Waals surface area contributed by atoms with Crippen LogP contribution in [-0.4, -0.2) is 58.8 Å². The predicted molar refractivity (Wildman–Crippen MR) is 152 cm³/mol. The van der Waals surface area contributed by atoms with Crippen LogP contribution in [0.4, 0.5) is 11.4 Å². The third-order valence-corrected chi connectivity index (χ3v) is 7.97. The highest BCUT2D eigenvalue weighted by atomic mass is 16.5. The number of para-hydroxylation sites is 2. The van der Waals surface area contributed by atoms with Crippen molar-refractivity contribution in [3.63, 3.8) is 0 Å². The molecule has 0 amide bonds. The van der Waals surface area contributed by atoms with Crippen molar-refractivity contribution in [2.45, 2.75) is 53.3 Å². The van der Waals surface area contributed by atoms with Crippen LogP contribution in [0.25, 0.3) is 5.57 Å². The maximum atomic E-state index is 13.2. The first-order valence-corrected chi connectivity index (χ1v) is 13.3. The molecule has 2 heterocycles. The van der Waals surface area contributed by atoms with E-state index in [-0.39, 0.29) is 24.6 Å². The van der Waals surface area contributed by atoms with E-state index in [1.165, 1.54) is 4.68 Å². The second-order valence-electron chi connectivity index (χ2n) is 10.5. The lowest BCUT2D eigenvalue weighted by Gasteiger charge is -2.43. The normalized spacial score (nSPS) is 24.6. The van der Waals surface area contributed by atoms with E-state index >= 15 is 0 Å². The van der Waals surface area contributed by atoms with Crippen LogP contribution in [0.3, 0.4) is 0 Å². The van der Waals surface area contributed by atoms with Crippen LogP contribution >= 0.6 is 0 Å². The lowest BCUT2D eigenvalue weighted by molar-refractivity contribution is -0.110. The minimum Gasteiger partial charge on any atom is -0.495 e. The lowest BCUT2D eigenvalue weighted by Crippen LogP contribution is -2.58. The summed E-state index contributed by atoms with van der Waals surface area (Å²) in [5.74, 6) is 1.22. The topological polar surface area (TPSA) is 96.8 Å². The van der Waals surface area contributed by atoms with Gasteiger partial charge in [-0.1, -0.05) is 45.1 Å². The van der Waals surface area contributed by atoms with Crippen molar-refractivity contribution in [1.82, 2.24) is 14.7 Å². The minimum atomic E-state index is -1.24. The van der Waals surface area contributed by atoms with Gasteiger partial charge in [0.15, 0.2) is 0 Å². The van der Waals surface area contributed by atoms with Gasteiger partial charge in [0, 0.05) is 33.2 Å². The average molecular weight is 510 g/mol. The Morgan fingerprint density at radius 3 is 2.59 bits per heavy atom. The van der Waals surface area contributed by atoms with Gasteiger partial charge in [-0.25, -0.2) is 4.68 Å². The summed E-state index contributed by atoms with van der Waals surface area (Å²) in [6.45, 7) is 12.8. The first-order chi connectivity index (χ1) is 17.6. The molecule has 0 spiro atoms. The molecule has 0 radical (unpaired) electrons. The number of aromatic nitrogens is 2. The van der Waals surface area contributed by atoms with Gasteiger partial charge in [0.05, 0.1) is 25.5 Å². The molecule has 3 aliphatic rings. The molecule has 1 aromatic heterocycles. The Kier molecular flexibility index (Phi) is 7.53. The Hall–Kier alpha value is -3.10. The minimum absolute atomic E-state index is 0. The van der Waals surface area contributed by atoms with Crippen LogP contribution in [-0.2, 0) is 6.54 Å². The third kappa shape index (κ3) is 5.05. The first kappa shape index (κ1) is 26.9. The second-order valence-corrected chi connectivity index (χ2v) is 10.5.